The van der Waals surface area contributed by atoms with Gasteiger partial charge in [-0.3, -0.25) is 0 Å². The lowest BCUT2D eigenvalue weighted by Crippen LogP contribution is -2.28. The van der Waals surface area contributed by atoms with Gasteiger partial charge in [0.15, 0.2) is 17.4 Å². The highest BCUT2D eigenvalue weighted by molar-refractivity contribution is 5.31. The first-order chi connectivity index (χ1) is 9.97. The summed E-state index contributed by atoms with van der Waals surface area (Å²) in [6.45, 7) is 11.2. The van der Waals surface area contributed by atoms with Crippen LogP contribution < -0.4 is 10.1 Å². The fourth-order valence-electron chi connectivity index (χ4n) is 1.99. The first-order valence-corrected chi connectivity index (χ1v) is 7.54. The number of hydrogen-bond donors (Lipinski definition) is 1. The molecular formula is C16H26F2N2O. The van der Waals surface area contributed by atoms with Crippen LogP contribution in [0.2, 0.25) is 0 Å². The Morgan fingerprint density at radius 3 is 2.19 bits per heavy atom. The van der Waals surface area contributed by atoms with Crippen molar-refractivity contribution in [3.63, 3.8) is 0 Å². The highest BCUT2D eigenvalue weighted by Gasteiger charge is 2.13. The van der Waals surface area contributed by atoms with Crippen molar-refractivity contribution in [3.8, 4) is 5.75 Å². The second-order valence-corrected chi connectivity index (χ2v) is 5.30. The van der Waals surface area contributed by atoms with E-state index in [0.29, 0.717) is 18.7 Å². The summed E-state index contributed by atoms with van der Waals surface area (Å²) in [4.78, 5) is 2.14. The number of ether oxygens (including phenoxy) is 1. The molecule has 0 aromatic heterocycles. The van der Waals surface area contributed by atoms with Crippen molar-refractivity contribution in [2.24, 2.45) is 0 Å². The van der Waals surface area contributed by atoms with Gasteiger partial charge in [0.1, 0.15) is 6.61 Å². The largest absolute Gasteiger partial charge is 0.486 e. The molecule has 21 heavy (non-hydrogen) atoms. The standard InChI is InChI=1S/C16H26F2N2O/c1-5-20(6-2)7-8-21-16-14(17)9-13(10-15(16)18)11-19-12(3)4/h9-10,12,19H,5-8,11H2,1-4H3. The molecule has 0 amide bonds. The Labute approximate surface area is 126 Å². The van der Waals surface area contributed by atoms with E-state index in [1.54, 1.807) is 0 Å². The van der Waals surface area contributed by atoms with Crippen molar-refractivity contribution in [2.45, 2.75) is 40.3 Å². The van der Waals surface area contributed by atoms with Crippen molar-refractivity contribution in [2.75, 3.05) is 26.2 Å². The maximum atomic E-state index is 13.9. The zero-order chi connectivity index (χ0) is 15.8. The van der Waals surface area contributed by atoms with Crippen LogP contribution in [-0.2, 0) is 6.54 Å². The SMILES string of the molecule is CCN(CC)CCOc1c(F)cc(CNC(C)C)cc1F. The summed E-state index contributed by atoms with van der Waals surface area (Å²) in [5, 5.41) is 3.13. The third kappa shape index (κ3) is 5.98. The van der Waals surface area contributed by atoms with Crippen molar-refractivity contribution in [1.82, 2.24) is 10.2 Å². The topological polar surface area (TPSA) is 24.5 Å². The van der Waals surface area contributed by atoms with Crippen LogP contribution in [0.4, 0.5) is 8.78 Å². The van der Waals surface area contributed by atoms with Gasteiger partial charge >= 0.3 is 0 Å². The number of nitrogens with zero attached hydrogens (tertiary/aromatic N) is 1. The Morgan fingerprint density at radius 2 is 1.71 bits per heavy atom. The van der Waals surface area contributed by atoms with Gasteiger partial charge in [-0.15, -0.1) is 0 Å². The summed E-state index contributed by atoms with van der Waals surface area (Å²) in [6.07, 6.45) is 0. The van der Waals surface area contributed by atoms with E-state index in [1.165, 1.54) is 12.1 Å². The van der Waals surface area contributed by atoms with Gasteiger partial charge in [-0.2, -0.15) is 0 Å². The van der Waals surface area contributed by atoms with E-state index in [-0.39, 0.29) is 18.4 Å². The number of hydrogen-bond acceptors (Lipinski definition) is 3. The first kappa shape index (κ1) is 17.9. The van der Waals surface area contributed by atoms with Gasteiger partial charge < -0.3 is 15.0 Å². The van der Waals surface area contributed by atoms with Crippen molar-refractivity contribution in [3.05, 3.63) is 29.3 Å². The molecule has 0 aliphatic carbocycles. The minimum absolute atomic E-state index is 0.265. The molecule has 0 aliphatic rings. The first-order valence-electron chi connectivity index (χ1n) is 7.54. The van der Waals surface area contributed by atoms with Gasteiger partial charge in [-0.05, 0) is 30.8 Å². The van der Waals surface area contributed by atoms with Crippen LogP contribution >= 0.6 is 0 Å². The number of halogens is 2. The van der Waals surface area contributed by atoms with Gasteiger partial charge in [0, 0.05) is 19.1 Å². The molecule has 0 spiro atoms. The van der Waals surface area contributed by atoms with E-state index in [1.807, 2.05) is 27.7 Å². The molecule has 0 aliphatic heterocycles. The molecule has 0 heterocycles. The number of benzene rings is 1. The van der Waals surface area contributed by atoms with E-state index in [4.69, 9.17) is 4.74 Å². The zero-order valence-electron chi connectivity index (χ0n) is 13.4. The number of rotatable bonds is 9. The summed E-state index contributed by atoms with van der Waals surface area (Å²) in [5.41, 5.74) is 0.579. The molecule has 0 unspecified atom stereocenters. The molecule has 3 nitrogen and oxygen atoms in total. The summed E-state index contributed by atoms with van der Waals surface area (Å²) >= 11 is 0. The maximum absolute atomic E-state index is 13.9. The molecule has 0 atom stereocenters. The second-order valence-electron chi connectivity index (χ2n) is 5.30. The minimum atomic E-state index is -0.643. The highest BCUT2D eigenvalue weighted by atomic mass is 19.1. The van der Waals surface area contributed by atoms with Crippen molar-refractivity contribution < 1.29 is 13.5 Å². The number of likely N-dealkylation sites (N-methyl/N-ethyl adjacent to an activating group) is 1. The third-order valence-corrected chi connectivity index (χ3v) is 3.32. The predicted octanol–water partition coefficient (Wildman–Crippen LogP) is 3.18. The molecule has 0 radical (unpaired) electrons. The van der Waals surface area contributed by atoms with Crippen molar-refractivity contribution in [1.29, 1.82) is 0 Å². The van der Waals surface area contributed by atoms with E-state index in [9.17, 15) is 8.78 Å². The maximum Gasteiger partial charge on any atom is 0.190 e. The van der Waals surface area contributed by atoms with E-state index >= 15 is 0 Å². The predicted molar refractivity (Wildman–Crippen MR) is 81.6 cm³/mol. The van der Waals surface area contributed by atoms with Crippen molar-refractivity contribution >= 4 is 0 Å². The average molecular weight is 300 g/mol. The molecule has 120 valence electrons. The lowest BCUT2D eigenvalue weighted by atomic mass is 10.2. The van der Waals surface area contributed by atoms with Gasteiger partial charge in [-0.1, -0.05) is 27.7 Å². The van der Waals surface area contributed by atoms with Crippen LogP contribution in [-0.4, -0.2) is 37.2 Å². The van der Waals surface area contributed by atoms with Crippen LogP contribution in [0.3, 0.4) is 0 Å². The normalized spacial score (nSPS) is 11.4. The van der Waals surface area contributed by atoms with Crippen LogP contribution in [0.5, 0.6) is 5.75 Å². The van der Waals surface area contributed by atoms with Crippen LogP contribution in [0.15, 0.2) is 12.1 Å². The molecule has 1 aromatic carbocycles. The second kappa shape index (κ2) is 8.95. The fraction of sp³-hybridized carbons (Fsp3) is 0.625. The Balaban J connectivity index is 2.63. The lowest BCUT2D eigenvalue weighted by Gasteiger charge is -2.18. The van der Waals surface area contributed by atoms with Gasteiger partial charge in [0.2, 0.25) is 0 Å². The smallest absolute Gasteiger partial charge is 0.190 e. The minimum Gasteiger partial charge on any atom is -0.486 e. The Morgan fingerprint density at radius 1 is 1.14 bits per heavy atom. The fourth-order valence-corrected chi connectivity index (χ4v) is 1.99. The van der Waals surface area contributed by atoms with Gasteiger partial charge in [0.25, 0.3) is 0 Å². The summed E-state index contributed by atoms with van der Waals surface area (Å²) in [5.74, 6) is -1.57. The summed E-state index contributed by atoms with van der Waals surface area (Å²) in [7, 11) is 0. The molecule has 1 rings (SSSR count). The van der Waals surface area contributed by atoms with Crippen LogP contribution in [0.1, 0.15) is 33.3 Å². The molecule has 1 aromatic rings. The average Bonchev–Trinajstić information content (AvgIpc) is 2.43. The van der Waals surface area contributed by atoms with Gasteiger partial charge in [-0.25, -0.2) is 8.78 Å². The monoisotopic (exact) mass is 300 g/mol. The number of nitrogens with one attached hydrogen (secondary N) is 1. The molecule has 0 fully saturated rings. The molecule has 5 heteroatoms. The Hall–Kier alpha value is -1.20. The molecule has 0 saturated carbocycles. The van der Waals surface area contributed by atoms with Crippen LogP contribution in [0.25, 0.3) is 0 Å². The molecular weight excluding hydrogens is 274 g/mol. The molecule has 0 saturated heterocycles. The quantitative estimate of drug-likeness (QED) is 0.758. The van der Waals surface area contributed by atoms with Crippen LogP contribution in [0, 0.1) is 11.6 Å². The Kier molecular flexibility index (Phi) is 7.61. The zero-order valence-corrected chi connectivity index (χ0v) is 13.4. The van der Waals surface area contributed by atoms with E-state index < -0.39 is 11.6 Å². The molecule has 1 N–H and O–H groups in total. The van der Waals surface area contributed by atoms with Gasteiger partial charge in [0.05, 0.1) is 0 Å². The summed E-state index contributed by atoms with van der Waals surface area (Å²) < 4.78 is 33.1. The summed E-state index contributed by atoms with van der Waals surface area (Å²) in [6, 6.07) is 2.91. The van der Waals surface area contributed by atoms with E-state index in [0.717, 1.165) is 13.1 Å². The third-order valence-electron chi connectivity index (χ3n) is 3.32. The van der Waals surface area contributed by atoms with E-state index in [2.05, 4.69) is 10.2 Å². The molecule has 0 bridgehead atoms. The lowest BCUT2D eigenvalue weighted by molar-refractivity contribution is 0.211. The highest BCUT2D eigenvalue weighted by Crippen LogP contribution is 2.23. The Bertz CT molecular complexity index is 411.